The van der Waals surface area contributed by atoms with Crippen molar-refractivity contribution in [1.82, 2.24) is 4.98 Å². The van der Waals surface area contributed by atoms with Crippen molar-refractivity contribution in [3.63, 3.8) is 0 Å². The molecular formula is C10H12N2O5. The number of aromatic nitrogens is 1. The topological polar surface area (TPSA) is 91.6 Å². The van der Waals surface area contributed by atoms with Crippen LogP contribution in [-0.4, -0.2) is 23.0 Å². The highest BCUT2D eigenvalue weighted by atomic mass is 16.6. The van der Waals surface area contributed by atoms with E-state index in [0.29, 0.717) is 6.61 Å². The Hall–Kier alpha value is -2.18. The zero-order chi connectivity index (χ0) is 12.8. The molecule has 0 unspecified atom stereocenters. The Kier molecular flexibility index (Phi) is 4.38. The molecule has 1 rings (SSSR count). The van der Waals surface area contributed by atoms with Gasteiger partial charge in [-0.3, -0.25) is 14.9 Å². The van der Waals surface area contributed by atoms with Gasteiger partial charge in [-0.1, -0.05) is 13.8 Å². The molecule has 17 heavy (non-hydrogen) atoms. The maximum Gasteiger partial charge on any atom is 0.331 e. The van der Waals surface area contributed by atoms with Gasteiger partial charge < -0.3 is 9.47 Å². The summed E-state index contributed by atoms with van der Waals surface area (Å²) in [6, 6.07) is 2.41. The van der Waals surface area contributed by atoms with E-state index in [9.17, 15) is 14.9 Å². The third-order valence-electron chi connectivity index (χ3n) is 1.73. The number of nitro groups is 1. The van der Waals surface area contributed by atoms with E-state index < -0.39 is 4.92 Å². The highest BCUT2D eigenvalue weighted by molar-refractivity contribution is 5.47. The molecule has 0 bridgehead atoms. The molecule has 1 aromatic heterocycles. The van der Waals surface area contributed by atoms with Gasteiger partial charge in [0.05, 0.1) is 11.5 Å². The SMILES string of the molecule is CC(C)COc1nc(OC=O)ccc1[N+](=O)[O-]. The minimum Gasteiger partial charge on any atom is -0.472 e. The van der Waals surface area contributed by atoms with Gasteiger partial charge in [-0.15, -0.1) is 0 Å². The van der Waals surface area contributed by atoms with Crippen LogP contribution in [0.2, 0.25) is 0 Å². The second kappa shape index (κ2) is 5.78. The first-order chi connectivity index (χ1) is 8.04. The standard InChI is InChI=1S/C10H12N2O5/c1-7(2)5-16-10-8(12(14)15)3-4-9(11-10)17-6-13/h3-4,6-7H,5H2,1-2H3. The van der Waals surface area contributed by atoms with E-state index in [2.05, 4.69) is 9.72 Å². The fraction of sp³-hybridized carbons (Fsp3) is 0.400. The summed E-state index contributed by atoms with van der Waals surface area (Å²) in [7, 11) is 0. The predicted octanol–water partition coefficient (Wildman–Crippen LogP) is 1.56. The maximum absolute atomic E-state index is 10.7. The molecule has 0 radical (unpaired) electrons. The average molecular weight is 240 g/mol. The molecule has 1 heterocycles. The largest absolute Gasteiger partial charge is 0.472 e. The number of nitrogens with zero attached hydrogens (tertiary/aromatic N) is 2. The van der Waals surface area contributed by atoms with Crippen LogP contribution in [0.15, 0.2) is 12.1 Å². The molecule has 7 nitrogen and oxygen atoms in total. The Labute approximate surface area is 97.5 Å². The number of hydrogen-bond acceptors (Lipinski definition) is 6. The van der Waals surface area contributed by atoms with Gasteiger partial charge in [0.1, 0.15) is 0 Å². The Morgan fingerprint density at radius 3 is 2.76 bits per heavy atom. The monoisotopic (exact) mass is 240 g/mol. The molecule has 1 aromatic rings. The van der Waals surface area contributed by atoms with Gasteiger partial charge in [-0.25, -0.2) is 0 Å². The fourth-order valence-corrected chi connectivity index (χ4v) is 1.02. The molecule has 0 N–H and O–H groups in total. The molecule has 0 saturated heterocycles. The van der Waals surface area contributed by atoms with Crippen LogP contribution in [0.3, 0.4) is 0 Å². The van der Waals surface area contributed by atoms with E-state index in [1.54, 1.807) is 0 Å². The van der Waals surface area contributed by atoms with Crippen molar-refractivity contribution in [2.75, 3.05) is 6.61 Å². The van der Waals surface area contributed by atoms with Crippen LogP contribution in [-0.2, 0) is 4.79 Å². The number of pyridine rings is 1. The molecule has 7 heteroatoms. The van der Waals surface area contributed by atoms with E-state index in [1.165, 1.54) is 12.1 Å². The van der Waals surface area contributed by atoms with Gasteiger partial charge in [-0.05, 0) is 5.92 Å². The molecule has 0 amide bonds. The minimum absolute atomic E-state index is 0.0376. The number of hydrogen-bond donors (Lipinski definition) is 0. The molecule has 0 spiro atoms. The van der Waals surface area contributed by atoms with Crippen molar-refractivity contribution in [3.8, 4) is 11.8 Å². The number of ether oxygens (including phenoxy) is 2. The Morgan fingerprint density at radius 1 is 1.53 bits per heavy atom. The molecular weight excluding hydrogens is 228 g/mol. The van der Waals surface area contributed by atoms with E-state index in [1.807, 2.05) is 13.8 Å². The first-order valence-electron chi connectivity index (χ1n) is 4.93. The normalized spacial score (nSPS) is 10.1. The van der Waals surface area contributed by atoms with Crippen LogP contribution in [0.4, 0.5) is 5.69 Å². The molecule has 0 aromatic carbocycles. The van der Waals surface area contributed by atoms with Crippen LogP contribution in [0.1, 0.15) is 13.8 Å². The highest BCUT2D eigenvalue weighted by Crippen LogP contribution is 2.27. The Bertz CT molecular complexity index is 419. The van der Waals surface area contributed by atoms with Crippen LogP contribution < -0.4 is 9.47 Å². The maximum atomic E-state index is 10.7. The predicted molar refractivity (Wildman–Crippen MR) is 57.9 cm³/mol. The summed E-state index contributed by atoms with van der Waals surface area (Å²) in [6.45, 7) is 4.29. The molecule has 0 atom stereocenters. The first kappa shape index (κ1) is 12.9. The van der Waals surface area contributed by atoms with Crippen LogP contribution in [0, 0.1) is 16.0 Å². The van der Waals surface area contributed by atoms with E-state index in [4.69, 9.17) is 4.74 Å². The zero-order valence-corrected chi connectivity index (χ0v) is 9.45. The zero-order valence-electron chi connectivity index (χ0n) is 9.45. The smallest absolute Gasteiger partial charge is 0.331 e. The van der Waals surface area contributed by atoms with Gasteiger partial charge >= 0.3 is 5.69 Å². The lowest BCUT2D eigenvalue weighted by Crippen LogP contribution is -2.08. The van der Waals surface area contributed by atoms with Crippen molar-refractivity contribution in [1.29, 1.82) is 0 Å². The lowest BCUT2D eigenvalue weighted by molar-refractivity contribution is -0.386. The van der Waals surface area contributed by atoms with Gasteiger partial charge in [0, 0.05) is 12.1 Å². The molecule has 92 valence electrons. The summed E-state index contributed by atoms with van der Waals surface area (Å²) in [4.78, 5) is 24.0. The first-order valence-corrected chi connectivity index (χ1v) is 4.93. The van der Waals surface area contributed by atoms with Gasteiger partial charge in [0.2, 0.25) is 5.88 Å². The second-order valence-electron chi connectivity index (χ2n) is 3.65. The highest BCUT2D eigenvalue weighted by Gasteiger charge is 2.18. The fourth-order valence-electron chi connectivity index (χ4n) is 1.02. The summed E-state index contributed by atoms with van der Waals surface area (Å²) in [5.74, 6) is 0.0134. The molecule has 0 aliphatic carbocycles. The van der Waals surface area contributed by atoms with E-state index >= 15 is 0 Å². The summed E-state index contributed by atoms with van der Waals surface area (Å²) in [6.07, 6.45) is 0. The van der Waals surface area contributed by atoms with Crippen molar-refractivity contribution in [2.24, 2.45) is 5.92 Å². The van der Waals surface area contributed by atoms with Crippen molar-refractivity contribution < 1.29 is 19.2 Å². The summed E-state index contributed by atoms with van der Waals surface area (Å²) < 4.78 is 9.69. The lowest BCUT2D eigenvalue weighted by Gasteiger charge is -2.08. The van der Waals surface area contributed by atoms with E-state index in [-0.39, 0.29) is 29.8 Å². The van der Waals surface area contributed by atoms with Crippen LogP contribution >= 0.6 is 0 Å². The third-order valence-corrected chi connectivity index (χ3v) is 1.73. The van der Waals surface area contributed by atoms with Crippen LogP contribution in [0.5, 0.6) is 11.8 Å². The lowest BCUT2D eigenvalue weighted by atomic mass is 10.2. The van der Waals surface area contributed by atoms with Gasteiger partial charge in [0.15, 0.2) is 0 Å². The summed E-state index contributed by atoms with van der Waals surface area (Å²) >= 11 is 0. The second-order valence-corrected chi connectivity index (χ2v) is 3.65. The Balaban J connectivity index is 2.97. The van der Waals surface area contributed by atoms with Gasteiger partial charge in [0.25, 0.3) is 12.4 Å². The molecule has 0 fully saturated rings. The number of carbonyl (C=O) groups is 1. The van der Waals surface area contributed by atoms with Gasteiger partial charge in [-0.2, -0.15) is 4.98 Å². The number of carbonyl (C=O) groups excluding carboxylic acids is 1. The minimum atomic E-state index is -0.604. The average Bonchev–Trinajstić information content (AvgIpc) is 2.26. The molecule has 0 saturated carbocycles. The molecule has 0 aliphatic heterocycles. The van der Waals surface area contributed by atoms with Crippen molar-refractivity contribution in [3.05, 3.63) is 22.2 Å². The quantitative estimate of drug-likeness (QED) is 0.425. The third kappa shape index (κ3) is 3.71. The molecule has 0 aliphatic rings. The van der Waals surface area contributed by atoms with E-state index in [0.717, 1.165) is 0 Å². The Morgan fingerprint density at radius 2 is 2.24 bits per heavy atom. The number of rotatable bonds is 6. The van der Waals surface area contributed by atoms with Crippen molar-refractivity contribution >= 4 is 12.2 Å². The summed E-state index contributed by atoms with van der Waals surface area (Å²) in [5.41, 5.74) is -0.260. The summed E-state index contributed by atoms with van der Waals surface area (Å²) in [5, 5.41) is 10.7. The van der Waals surface area contributed by atoms with Crippen molar-refractivity contribution in [2.45, 2.75) is 13.8 Å². The van der Waals surface area contributed by atoms with Crippen LogP contribution in [0.25, 0.3) is 0 Å².